The van der Waals surface area contributed by atoms with Crippen LogP contribution in [0.5, 0.6) is 11.5 Å². The van der Waals surface area contributed by atoms with Gasteiger partial charge in [-0.3, -0.25) is 23.5 Å². The maximum absolute atomic E-state index is 13.0. The van der Waals surface area contributed by atoms with Crippen LogP contribution in [-0.2, 0) is 56.2 Å². The Bertz CT molecular complexity index is 2410. The largest absolute Gasteiger partial charge is 1.00 e. The molecule has 0 fully saturated rings. The number of phenolic OH excluding ortho intramolecular Hbond substituents is 1. The van der Waals surface area contributed by atoms with E-state index in [1.807, 2.05) is 0 Å². The molecule has 0 radical (unpaired) electrons. The molecular formula is C29H25N5Na4O19S5. The van der Waals surface area contributed by atoms with E-state index in [2.05, 4.69) is 48.6 Å². The fourth-order valence-electron chi connectivity index (χ4n) is 4.79. The van der Waals surface area contributed by atoms with Crippen LogP contribution in [0.25, 0.3) is 10.8 Å². The van der Waals surface area contributed by atoms with Crippen LogP contribution in [-0.4, -0.2) is 59.7 Å². The van der Waals surface area contributed by atoms with Crippen LogP contribution in [0.2, 0.25) is 0 Å². The molecule has 33 heteroatoms. The van der Waals surface area contributed by atoms with E-state index in [1.54, 1.807) is 0 Å². The van der Waals surface area contributed by atoms with Gasteiger partial charge in [-0.25, -0.2) is 16.8 Å². The second kappa shape index (κ2) is 30.2. The minimum absolute atomic E-state index is 0. The van der Waals surface area contributed by atoms with Crippen LogP contribution < -0.4 is 150 Å². The number of nitrogens with zero attached hydrogens (tertiary/aromatic N) is 4. The van der Waals surface area contributed by atoms with Crippen molar-refractivity contribution in [2.45, 2.75) is 21.6 Å². The molecular weight excluding hydrogens is 975 g/mol. The Morgan fingerprint density at radius 3 is 1.90 bits per heavy atom. The van der Waals surface area contributed by atoms with Gasteiger partial charge in [-0.05, 0) is 55.0 Å². The van der Waals surface area contributed by atoms with Crippen LogP contribution in [0.3, 0.4) is 0 Å². The third kappa shape index (κ3) is 17.1. The molecule has 62 heavy (non-hydrogen) atoms. The Balaban J connectivity index is 0.00000930. The molecule has 24 nitrogen and oxygen atoms in total. The van der Waals surface area contributed by atoms with Gasteiger partial charge in [0.2, 0.25) is 0 Å². The number of methoxy groups -OCH3 is 1. The van der Waals surface area contributed by atoms with Crippen LogP contribution in [0.15, 0.2) is 83.7 Å². The number of rotatable bonds is 23. The number of nitrogens with two attached hydrogens (primary N) is 1. The van der Waals surface area contributed by atoms with Crippen LogP contribution >= 0.6 is 36.7 Å². The van der Waals surface area contributed by atoms with Crippen molar-refractivity contribution in [1.82, 2.24) is 0 Å². The van der Waals surface area contributed by atoms with Crippen molar-refractivity contribution in [2.75, 3.05) is 37.6 Å². The summed E-state index contributed by atoms with van der Waals surface area (Å²) in [6.45, 7) is 0.633. The number of carboxylic acid groups (broad SMARTS) is 1. The summed E-state index contributed by atoms with van der Waals surface area (Å²) in [5.74, 6) is -3.58. The van der Waals surface area contributed by atoms with Gasteiger partial charge in [0.25, 0.3) is 0 Å². The molecule has 3 N–H and O–H groups in total. The second-order valence-electron chi connectivity index (χ2n) is 10.7. The molecule has 0 amide bonds. The predicted molar refractivity (Wildman–Crippen MR) is 190 cm³/mol. The van der Waals surface area contributed by atoms with Crippen molar-refractivity contribution in [1.29, 1.82) is 0 Å². The molecule has 0 bridgehead atoms. The minimum Gasteiger partial charge on any atom is -0.691 e. The number of benzene rings is 4. The van der Waals surface area contributed by atoms with E-state index >= 15 is 0 Å². The summed E-state index contributed by atoms with van der Waals surface area (Å²) in [6, 6.07) is 9.40. The van der Waals surface area contributed by atoms with E-state index < -0.39 is 60.0 Å². The summed E-state index contributed by atoms with van der Waals surface area (Å²) in [7, 11) is -6.85. The Morgan fingerprint density at radius 2 is 1.32 bits per heavy atom. The van der Waals surface area contributed by atoms with Crippen molar-refractivity contribution in [2.24, 2.45) is 20.5 Å². The summed E-state index contributed by atoms with van der Waals surface area (Å²) < 4.78 is 78.5. The molecule has 0 atom stereocenters. The Hall–Kier alpha value is -0.280. The van der Waals surface area contributed by atoms with Crippen molar-refractivity contribution < 1.29 is 207 Å². The van der Waals surface area contributed by atoms with Crippen LogP contribution in [0, 0.1) is 6.92 Å². The second-order valence-corrected chi connectivity index (χ2v) is 16.7. The maximum atomic E-state index is 13.0. The zero-order chi connectivity index (χ0) is 42.5. The topological polar surface area (TPSA) is 356 Å². The third-order valence-corrected chi connectivity index (χ3v) is 12.2. The number of carbonyl (C=O) groups is 1. The molecule has 0 aliphatic rings. The van der Waals surface area contributed by atoms with E-state index in [1.165, 1.54) is 44.4 Å². The molecule has 0 aliphatic heterocycles. The van der Waals surface area contributed by atoms with Gasteiger partial charge in [-0.1, -0.05) is 0 Å². The SMILES string of the molecule is COc1cc(S(=O)(=O)CCOSOO[O-])c(C)cc1N=Nc1c(SOO[O-])cc2c(N=Nc3ccc(S(=O)(=O)CCOSOO[O-])cc3C(=O)[O-])c(N)ccc2c1O.[Na+].[Na+].[Na+].[Na+]. The first-order valence-corrected chi connectivity index (χ1v) is 20.6. The maximum Gasteiger partial charge on any atom is 1.00 e. The van der Waals surface area contributed by atoms with Crippen molar-refractivity contribution in [3.05, 3.63) is 59.7 Å². The Kier molecular flexibility index (Phi) is 30.0. The monoisotopic (exact) mass is 999 g/mol. The number of azo groups is 2. The number of hydrogen-bond acceptors (Lipinski definition) is 27. The van der Waals surface area contributed by atoms with Crippen LogP contribution in [0.1, 0.15) is 15.9 Å². The molecule has 0 spiro atoms. The first-order valence-electron chi connectivity index (χ1n) is 15.2. The minimum atomic E-state index is -4.12. The number of ether oxygens (including phenoxy) is 1. The summed E-state index contributed by atoms with van der Waals surface area (Å²) >= 11 is 0.528. The standard InChI is InChI=1S/C29H29N5O19S5.4Na/c1-15-11-22(23(45-2)14-25(15)58(43,44)10-8-47-56-53-50-40)32-34-27-24(54-51-48-38)13-18-17(28(27)35)4-5-20(30)26(18)33-31-21-6-3-16(12-19(21)29(36)37)57(41,42)9-7-46-55-52-49-39;;;;/h3-6,11-14,35,38-40H,7-10,30H2,1-2H3,(H,36,37);;;;/q;4*+1/p-4. The quantitative estimate of drug-likeness (QED) is 0.0132. The number of aryl methyl sites for hydroxylation is 1. The zero-order valence-electron chi connectivity index (χ0n) is 33.2. The number of carbonyl (C=O) groups excluding carboxylic acids is 1. The molecule has 0 unspecified atom stereocenters. The fraction of sp³-hybridized carbons (Fsp3) is 0.207. The van der Waals surface area contributed by atoms with E-state index in [4.69, 9.17) is 18.8 Å². The molecule has 4 aromatic rings. The van der Waals surface area contributed by atoms with Gasteiger partial charge >= 0.3 is 118 Å². The van der Waals surface area contributed by atoms with Gasteiger partial charge in [0.1, 0.15) is 22.8 Å². The van der Waals surface area contributed by atoms with Gasteiger partial charge in [0, 0.05) is 22.4 Å². The average Bonchev–Trinajstić information content (AvgIpc) is 3.19. The third-order valence-electron chi connectivity index (χ3n) is 7.34. The van der Waals surface area contributed by atoms with Gasteiger partial charge in [0.05, 0.1) is 75.9 Å². The van der Waals surface area contributed by atoms with Gasteiger partial charge in [0.15, 0.2) is 50.1 Å². The van der Waals surface area contributed by atoms with Gasteiger partial charge in [-0.2, -0.15) is 4.33 Å². The number of carboxylic acids is 1. The number of nitrogen functional groups attached to an aromatic ring is 1. The Morgan fingerprint density at radius 1 is 0.742 bits per heavy atom. The number of aromatic hydroxyl groups is 1. The number of aromatic carboxylic acids is 1. The number of phenols is 1. The number of sulfone groups is 2. The summed E-state index contributed by atoms with van der Waals surface area (Å²) in [4.78, 5) is 11.3. The first kappa shape index (κ1) is 61.7. The molecule has 0 heterocycles. The summed E-state index contributed by atoms with van der Waals surface area (Å²) in [6.07, 6.45) is 0. The fourth-order valence-corrected chi connectivity index (χ4v) is 8.38. The van der Waals surface area contributed by atoms with E-state index in [0.717, 1.165) is 18.2 Å². The molecule has 0 aliphatic carbocycles. The number of hydrogen-bond donors (Lipinski definition) is 2. The molecule has 0 saturated heterocycles. The normalized spacial score (nSPS) is 11.5. The summed E-state index contributed by atoms with van der Waals surface area (Å²) in [5.41, 5.74) is 4.92. The average molecular weight is 1000 g/mol. The number of anilines is 1. The van der Waals surface area contributed by atoms with Gasteiger partial charge < -0.3 is 41.2 Å². The molecule has 0 saturated carbocycles. The van der Waals surface area contributed by atoms with E-state index in [9.17, 15) is 47.6 Å². The summed E-state index contributed by atoms with van der Waals surface area (Å²) in [5, 5.41) is 79.9. The zero-order valence-corrected chi connectivity index (χ0v) is 45.2. The van der Waals surface area contributed by atoms with Crippen molar-refractivity contribution in [3.8, 4) is 11.5 Å². The van der Waals surface area contributed by atoms with Crippen LogP contribution in [0.4, 0.5) is 28.4 Å². The van der Waals surface area contributed by atoms with Crippen molar-refractivity contribution >= 4 is 102 Å². The number of fused-ring (bicyclic) bond motifs is 1. The van der Waals surface area contributed by atoms with Gasteiger partial charge in [-0.15, -0.1) is 29.1 Å². The molecule has 4 rings (SSSR count). The first-order chi connectivity index (χ1) is 27.7. The smallest absolute Gasteiger partial charge is 0.691 e. The van der Waals surface area contributed by atoms with E-state index in [-0.39, 0.29) is 210 Å². The Labute approximate surface area is 453 Å². The molecule has 314 valence electrons. The van der Waals surface area contributed by atoms with E-state index in [0.29, 0.717) is 12.0 Å². The van der Waals surface area contributed by atoms with Crippen molar-refractivity contribution in [3.63, 3.8) is 0 Å². The predicted octanol–water partition coefficient (Wildman–Crippen LogP) is -9.96. The molecule has 0 aromatic heterocycles. The molecule has 4 aromatic carbocycles.